The van der Waals surface area contributed by atoms with E-state index < -0.39 is 25.6 Å². The Bertz CT molecular complexity index is 2720. The van der Waals surface area contributed by atoms with Gasteiger partial charge >= 0.3 is 6.09 Å². The number of nitrogens with one attached hydrogen (secondary N) is 2. The molecular weight excluding hydrogens is 856 g/mol. The number of thiophene rings is 2. The maximum absolute atomic E-state index is 13.2. The number of hydrogen-bond acceptors (Lipinski definition) is 9. The van der Waals surface area contributed by atoms with Crippen LogP contribution in [0, 0.1) is 13.8 Å². The highest BCUT2D eigenvalue weighted by atomic mass is 35.5. The maximum Gasteiger partial charge on any atom is 0.410 e. The summed E-state index contributed by atoms with van der Waals surface area (Å²) in [5.74, 6) is 0.739. The fourth-order valence-corrected chi connectivity index (χ4v) is 13.0. The molecule has 306 valence electrons. The summed E-state index contributed by atoms with van der Waals surface area (Å²) in [5.41, 5.74) is 4.37. The molecule has 16 heteroatoms. The summed E-state index contributed by atoms with van der Waals surface area (Å²) in [7, 11) is -5.75. The molecule has 0 bridgehead atoms. The van der Waals surface area contributed by atoms with Crippen molar-refractivity contribution in [3.8, 4) is 0 Å². The molecule has 2 aliphatic heterocycles. The number of rotatable bonds is 8. The zero-order valence-corrected chi connectivity index (χ0v) is 37.6. The van der Waals surface area contributed by atoms with E-state index in [2.05, 4.69) is 10.0 Å². The van der Waals surface area contributed by atoms with Crippen LogP contribution in [0.1, 0.15) is 54.9 Å². The van der Waals surface area contributed by atoms with Gasteiger partial charge in [-0.15, -0.1) is 22.7 Å². The third-order valence-electron chi connectivity index (χ3n) is 10.2. The molecule has 58 heavy (non-hydrogen) atoms. The summed E-state index contributed by atoms with van der Waals surface area (Å²) >= 11 is 14.7. The minimum atomic E-state index is -3.72. The summed E-state index contributed by atoms with van der Waals surface area (Å²) in [6.07, 6.45) is -0.307. The fraction of sp³-hybridized carbons (Fsp3) is 0.310. The van der Waals surface area contributed by atoms with Gasteiger partial charge in [0.2, 0.25) is 0 Å². The van der Waals surface area contributed by atoms with E-state index in [0.29, 0.717) is 50.2 Å². The van der Waals surface area contributed by atoms with Crippen LogP contribution in [0.2, 0.25) is 10.0 Å². The zero-order chi connectivity index (χ0) is 41.7. The van der Waals surface area contributed by atoms with Gasteiger partial charge in [-0.25, -0.2) is 21.6 Å². The van der Waals surface area contributed by atoms with Gasteiger partial charge in [0.25, 0.3) is 20.0 Å². The Morgan fingerprint density at radius 2 is 1.28 bits per heavy atom. The number of likely N-dealkylation sites (tertiary alicyclic amines) is 1. The number of fused-ring (bicyclic) bond motifs is 2. The van der Waals surface area contributed by atoms with Crippen LogP contribution in [0.15, 0.2) is 93.3 Å². The minimum absolute atomic E-state index is 0.211. The van der Waals surface area contributed by atoms with E-state index in [1.807, 2.05) is 82.3 Å². The van der Waals surface area contributed by atoms with Gasteiger partial charge in [0.1, 0.15) is 14.0 Å². The van der Waals surface area contributed by atoms with Gasteiger partial charge in [-0.05, 0) is 128 Å². The number of carbonyl (C=O) groups is 1. The second-order valence-corrected chi connectivity index (χ2v) is 22.6. The normalized spacial score (nSPS) is 15.1. The number of sulfonamides is 2. The second-order valence-electron chi connectivity index (χ2n) is 15.5. The monoisotopic (exact) mass is 898 g/mol. The van der Waals surface area contributed by atoms with Gasteiger partial charge in [-0.1, -0.05) is 47.5 Å². The predicted molar refractivity (Wildman–Crippen MR) is 239 cm³/mol. The number of halogens is 2. The van der Waals surface area contributed by atoms with Crippen molar-refractivity contribution in [1.82, 2.24) is 10.2 Å². The predicted octanol–water partition coefficient (Wildman–Crippen LogP) is 10.4. The van der Waals surface area contributed by atoms with Gasteiger partial charge in [0.15, 0.2) is 0 Å². The summed E-state index contributed by atoms with van der Waals surface area (Å²) in [6.45, 7) is 12.3. The van der Waals surface area contributed by atoms with E-state index in [1.54, 1.807) is 49.2 Å². The average molecular weight is 900 g/mol. The number of ether oxygens (including phenoxy) is 1. The molecule has 6 aromatic rings. The number of nitrogens with zero attached hydrogens (tertiary/aromatic N) is 2. The molecule has 8 rings (SSSR count). The first kappa shape index (κ1) is 42.2. The average Bonchev–Trinajstić information content (AvgIpc) is 3.63. The van der Waals surface area contributed by atoms with Gasteiger partial charge in [0.05, 0.1) is 5.69 Å². The Labute approximate surface area is 357 Å². The quantitative estimate of drug-likeness (QED) is 0.156. The van der Waals surface area contributed by atoms with Crippen molar-refractivity contribution in [3.63, 3.8) is 0 Å². The highest BCUT2D eigenvalue weighted by Crippen LogP contribution is 2.39. The lowest BCUT2D eigenvalue weighted by Gasteiger charge is -2.40. The number of hydrogen-bond donors (Lipinski definition) is 2. The molecule has 0 saturated carbocycles. The molecule has 2 N–H and O–H groups in total. The number of benzene rings is 4. The van der Waals surface area contributed by atoms with Crippen molar-refractivity contribution < 1.29 is 26.4 Å². The van der Waals surface area contributed by atoms with E-state index in [1.165, 1.54) is 32.5 Å². The SMILES string of the molecule is Cc1c(S(=O)(=O)N(C)c2ccc(C3CNC3)cc2)sc2ccc(Cl)cc12.Cc1c(S(=O)(=O)Nc2ccc(C3CN(C(=O)OC(C)(C)C)C3)cc2)sc2ccc(Cl)cc12. The first-order valence-corrected chi connectivity index (χ1v) is 23.9. The first-order chi connectivity index (χ1) is 27.3. The van der Waals surface area contributed by atoms with Crippen LogP contribution in [-0.2, 0) is 24.8 Å². The molecule has 2 aromatic heterocycles. The van der Waals surface area contributed by atoms with E-state index in [0.717, 1.165) is 44.4 Å². The molecule has 2 saturated heterocycles. The van der Waals surface area contributed by atoms with Gasteiger partial charge < -0.3 is 15.0 Å². The zero-order valence-electron chi connectivity index (χ0n) is 32.8. The van der Waals surface area contributed by atoms with Crippen molar-refractivity contribution >= 4 is 104 Å². The lowest BCUT2D eigenvalue weighted by molar-refractivity contribution is 0.00818. The van der Waals surface area contributed by atoms with Crippen molar-refractivity contribution in [2.45, 2.75) is 60.5 Å². The van der Waals surface area contributed by atoms with Crippen molar-refractivity contribution in [1.29, 1.82) is 0 Å². The molecule has 0 unspecified atom stereocenters. The van der Waals surface area contributed by atoms with Crippen LogP contribution in [-0.4, -0.2) is 66.7 Å². The van der Waals surface area contributed by atoms with Crippen LogP contribution >= 0.6 is 45.9 Å². The molecule has 0 radical (unpaired) electrons. The van der Waals surface area contributed by atoms with E-state index >= 15 is 0 Å². The number of aryl methyl sites for hydroxylation is 2. The number of anilines is 2. The third kappa shape index (κ3) is 8.84. The van der Waals surface area contributed by atoms with Crippen LogP contribution in [0.3, 0.4) is 0 Å². The summed E-state index contributed by atoms with van der Waals surface area (Å²) < 4.78 is 64.2. The van der Waals surface area contributed by atoms with Crippen molar-refractivity contribution in [2.75, 3.05) is 42.3 Å². The topological polar surface area (TPSA) is 125 Å². The Kier molecular flexibility index (Phi) is 11.9. The van der Waals surface area contributed by atoms with E-state index in [4.69, 9.17) is 27.9 Å². The highest BCUT2D eigenvalue weighted by Gasteiger charge is 2.35. The molecule has 4 heterocycles. The molecule has 10 nitrogen and oxygen atoms in total. The molecule has 1 amide bonds. The van der Waals surface area contributed by atoms with Crippen LogP contribution in [0.5, 0.6) is 0 Å². The lowest BCUT2D eigenvalue weighted by atomic mass is 9.92. The standard InChI is InChI=1S/C23H25ClN2O4S2.C19H19ClN2O2S2/c1-14-19-11-17(24)7-10-20(19)31-21(14)32(28,29)25-18-8-5-15(6-9-18)16-12-26(13-16)22(27)30-23(2,3)4;1-12-17-9-15(20)5-8-18(17)25-19(12)26(23,24)22(2)16-6-3-13(4-7-16)14-10-21-11-14/h5-11,16,25H,12-13H2,1-4H3;3-9,14,21H,10-11H2,1-2H3. The smallest absolute Gasteiger partial charge is 0.410 e. The molecule has 4 aromatic carbocycles. The Morgan fingerprint density at radius 1 is 0.776 bits per heavy atom. The van der Waals surface area contributed by atoms with Crippen LogP contribution < -0.4 is 14.3 Å². The highest BCUT2D eigenvalue weighted by molar-refractivity contribution is 7.95. The summed E-state index contributed by atoms with van der Waals surface area (Å²) in [4.78, 5) is 13.8. The molecule has 2 aliphatic rings. The molecule has 2 fully saturated rings. The first-order valence-electron chi connectivity index (χ1n) is 18.6. The number of carbonyl (C=O) groups excluding carboxylic acids is 1. The van der Waals surface area contributed by atoms with Gasteiger partial charge in [-0.2, -0.15) is 0 Å². The van der Waals surface area contributed by atoms with Gasteiger partial charge in [0, 0.05) is 70.2 Å². The van der Waals surface area contributed by atoms with Gasteiger partial charge in [-0.3, -0.25) is 9.03 Å². The second kappa shape index (κ2) is 16.3. The maximum atomic E-state index is 13.2. The Balaban J connectivity index is 0.000000180. The fourth-order valence-electron chi connectivity index (χ4n) is 6.78. The summed E-state index contributed by atoms with van der Waals surface area (Å²) in [5, 5.41) is 6.17. The Morgan fingerprint density at radius 3 is 1.79 bits per heavy atom. The van der Waals surface area contributed by atoms with Crippen molar-refractivity contribution in [3.05, 3.63) is 117 Å². The molecule has 0 aliphatic carbocycles. The number of amides is 1. The summed E-state index contributed by atoms with van der Waals surface area (Å²) in [6, 6.07) is 26.0. The van der Waals surface area contributed by atoms with E-state index in [-0.39, 0.29) is 16.2 Å². The molecule has 0 atom stereocenters. The molecule has 0 spiro atoms. The Hall–Kier alpha value is -3.89. The third-order valence-corrected chi connectivity index (χ3v) is 17.6. The largest absolute Gasteiger partial charge is 0.444 e. The van der Waals surface area contributed by atoms with Crippen LogP contribution in [0.25, 0.3) is 20.2 Å². The van der Waals surface area contributed by atoms with E-state index in [9.17, 15) is 21.6 Å². The lowest BCUT2D eigenvalue weighted by Crippen LogP contribution is -2.50. The van der Waals surface area contributed by atoms with Crippen LogP contribution in [0.4, 0.5) is 16.2 Å². The minimum Gasteiger partial charge on any atom is -0.444 e. The van der Waals surface area contributed by atoms with Crippen molar-refractivity contribution in [2.24, 2.45) is 0 Å². The molecular formula is C42H44Cl2N4O6S4.